The van der Waals surface area contributed by atoms with E-state index in [2.05, 4.69) is 47.9 Å². The fourth-order valence-corrected chi connectivity index (χ4v) is 13.3. The van der Waals surface area contributed by atoms with E-state index in [-0.39, 0.29) is 116 Å². The Labute approximate surface area is 668 Å². The normalized spacial score (nSPS) is 23.4. The number of ether oxygens (including phenoxy) is 12. The van der Waals surface area contributed by atoms with E-state index in [1.165, 1.54) is 67.2 Å². The Morgan fingerprint density at radius 3 is 0.868 bits per heavy atom. The van der Waals surface area contributed by atoms with Crippen LogP contribution in [0.3, 0.4) is 0 Å². The quantitative estimate of drug-likeness (QED) is 0.0230. The molecule has 16 atom stereocenters. The van der Waals surface area contributed by atoms with E-state index in [0.717, 1.165) is 0 Å². The first-order chi connectivity index (χ1) is 54.3. The Bertz CT molecular complexity index is 2920. The molecule has 0 spiro atoms. The number of carbonyl (C=O) groups excluding carboxylic acids is 15. The van der Waals surface area contributed by atoms with Gasteiger partial charge in [0.1, 0.15) is 36.4 Å². The van der Waals surface area contributed by atoms with Crippen molar-refractivity contribution in [3.63, 3.8) is 0 Å². The zero-order valence-corrected chi connectivity index (χ0v) is 68.6. The number of carbonyl (C=O) groups is 15. The van der Waals surface area contributed by atoms with Crippen LogP contribution < -0.4 is 53.6 Å². The maximum atomic E-state index is 14.2. The molecule has 9 amide bonds. The highest BCUT2D eigenvalue weighted by atomic mass is 16.7. The molecule has 0 bridgehead atoms. The van der Waals surface area contributed by atoms with E-state index >= 15 is 0 Å². The largest absolute Gasteiger partial charge is 0.456 e. The highest BCUT2D eigenvalue weighted by molar-refractivity contribution is 5.86. The molecular formula is C76H129N11O27. The van der Waals surface area contributed by atoms with Gasteiger partial charge in [-0.2, -0.15) is 0 Å². The molecule has 3 heterocycles. The third-order valence-corrected chi connectivity index (χ3v) is 18.4. The number of unbranched alkanes of at least 4 members (excludes halogenated alkanes) is 7. The minimum absolute atomic E-state index is 0.135. The molecule has 0 saturated carbocycles. The lowest BCUT2D eigenvalue weighted by Crippen LogP contribution is -2.65. The van der Waals surface area contributed by atoms with E-state index < -0.39 is 169 Å². The molecule has 11 N–H and O–H groups in total. The Hall–Kier alpha value is -8.27. The average Bonchev–Trinajstić information content (AvgIpc) is 0.800. The molecule has 3 aliphatic heterocycles. The molecular weight excluding hydrogens is 1500 g/mol. The zero-order valence-electron chi connectivity index (χ0n) is 68.6. The summed E-state index contributed by atoms with van der Waals surface area (Å²) < 4.78 is 69.6. The standard InChI is InChI=1S/C76H129N11O27/c1-13-56-67(106-49(7)91)70(109-52(10)94)64(84-46(4)88)74(112-56)103-41-24-16-19-31-59(97)78-35-27-38-81-62(100)44-87(45-63(101)82-39-28-36-79-60(98)32-20-17-25-42-104-75-65(85-47(5)89)71(110-53(11)95)68(107-50(8)92)57(14-2)113-75)55(30-22-23-34-77)73(102)83-40-29-37-80-61(99)33-21-18-26-43-105-76-66(86-48(6)90)72(111-54(12)96)69(108-51(9)93)58(15-3)114-76/h55-58,64-72,74-76H,13-45,77H2,1-12H3,(H,78,97)(H,79,98)(H,80,99)(H,81,100)(H,82,101)(H,83,102)(H,84,88)(H,85,89)(H,86,90). The Kier molecular flexibility index (Phi) is 49.2. The van der Waals surface area contributed by atoms with Gasteiger partial charge in [0, 0.05) is 141 Å². The summed E-state index contributed by atoms with van der Waals surface area (Å²) in [5, 5.41) is 25.3. The summed E-state index contributed by atoms with van der Waals surface area (Å²) in [5.74, 6) is -7.30. The van der Waals surface area contributed by atoms with Gasteiger partial charge in [-0.1, -0.05) is 46.5 Å². The fourth-order valence-electron chi connectivity index (χ4n) is 13.3. The van der Waals surface area contributed by atoms with Crippen molar-refractivity contribution in [3.8, 4) is 0 Å². The highest BCUT2D eigenvalue weighted by Gasteiger charge is 2.53. The fraction of sp³-hybridized carbons (Fsp3) is 0.803. The number of hydrogen-bond donors (Lipinski definition) is 10. The van der Waals surface area contributed by atoms with Gasteiger partial charge in [-0.3, -0.25) is 76.8 Å². The molecule has 0 aliphatic carbocycles. The van der Waals surface area contributed by atoms with E-state index in [4.69, 9.17) is 62.6 Å². The summed E-state index contributed by atoms with van der Waals surface area (Å²) in [6, 6.07) is -3.95. The maximum absolute atomic E-state index is 14.2. The minimum Gasteiger partial charge on any atom is -0.456 e. The average molecular weight is 1630 g/mol. The monoisotopic (exact) mass is 1630 g/mol. The van der Waals surface area contributed by atoms with Crippen molar-refractivity contribution in [1.29, 1.82) is 0 Å². The number of hydrogen-bond acceptors (Lipinski definition) is 29. The highest BCUT2D eigenvalue weighted by Crippen LogP contribution is 2.33. The molecule has 16 unspecified atom stereocenters. The van der Waals surface area contributed by atoms with Crippen LogP contribution in [-0.4, -0.2) is 271 Å². The lowest BCUT2D eigenvalue weighted by Gasteiger charge is -2.45. The van der Waals surface area contributed by atoms with Crippen molar-refractivity contribution < 1.29 is 129 Å². The molecule has 3 aliphatic rings. The Morgan fingerprint density at radius 2 is 0.605 bits per heavy atom. The number of nitrogens with two attached hydrogens (primary N) is 1. The smallest absolute Gasteiger partial charge is 0.303 e. The van der Waals surface area contributed by atoms with Crippen molar-refractivity contribution in [1.82, 2.24) is 52.8 Å². The molecule has 0 radical (unpaired) electrons. The van der Waals surface area contributed by atoms with E-state index in [1.807, 2.05) is 0 Å². The lowest BCUT2D eigenvalue weighted by molar-refractivity contribution is -0.272. The minimum atomic E-state index is -1.09. The molecule has 0 aromatic heterocycles. The maximum Gasteiger partial charge on any atom is 0.303 e. The number of nitrogens with one attached hydrogen (secondary N) is 9. The summed E-state index contributed by atoms with van der Waals surface area (Å²) in [4.78, 5) is 191. The van der Waals surface area contributed by atoms with Gasteiger partial charge in [-0.15, -0.1) is 0 Å². The molecule has 114 heavy (non-hydrogen) atoms. The van der Waals surface area contributed by atoms with Gasteiger partial charge >= 0.3 is 35.8 Å². The zero-order chi connectivity index (χ0) is 84.7. The SMILES string of the molecule is CCC1OC(OCCCCCC(=O)NCCCNC(=O)CN(CC(=O)NCCCNC(=O)CCCCCOC2OC(CC)C(OC(C)=O)C(OC(C)=O)C2NC(C)=O)C(CCCCN)C(=O)NCCCNC(=O)CCCCCOC2OC(CC)C(OC(C)=O)C(OC(C)=O)C2NC(C)=O)C(NC(C)=O)C(OC(C)=O)C1OC(C)=O. The molecule has 3 fully saturated rings. The number of esters is 6. The number of amides is 9. The summed E-state index contributed by atoms with van der Waals surface area (Å²) in [7, 11) is 0. The van der Waals surface area contributed by atoms with Crippen LogP contribution in [-0.2, 0) is 129 Å². The summed E-state index contributed by atoms with van der Waals surface area (Å²) in [5.41, 5.74) is 5.87. The van der Waals surface area contributed by atoms with Gasteiger partial charge in [-0.05, 0) is 96.4 Å². The van der Waals surface area contributed by atoms with Crippen LogP contribution in [0.1, 0.15) is 218 Å². The van der Waals surface area contributed by atoms with Gasteiger partial charge in [0.25, 0.3) is 0 Å². The molecule has 38 heteroatoms. The van der Waals surface area contributed by atoms with Gasteiger partial charge < -0.3 is 110 Å². The van der Waals surface area contributed by atoms with Gasteiger partial charge in [0.05, 0.1) is 19.1 Å². The predicted molar refractivity (Wildman–Crippen MR) is 406 cm³/mol. The van der Waals surface area contributed by atoms with Crippen LogP contribution in [0.5, 0.6) is 0 Å². The Morgan fingerprint density at radius 1 is 0.333 bits per heavy atom. The van der Waals surface area contributed by atoms with Crippen LogP contribution >= 0.6 is 0 Å². The van der Waals surface area contributed by atoms with Crippen molar-refractivity contribution in [3.05, 3.63) is 0 Å². The number of nitrogens with zero attached hydrogens (tertiary/aromatic N) is 1. The van der Waals surface area contributed by atoms with Crippen molar-refractivity contribution in [2.75, 3.05) is 78.7 Å². The summed E-state index contributed by atoms with van der Waals surface area (Å²) >= 11 is 0. The second-order valence-corrected chi connectivity index (χ2v) is 28.3. The molecule has 0 aromatic carbocycles. The third kappa shape index (κ3) is 39.9. The van der Waals surface area contributed by atoms with E-state index in [9.17, 15) is 71.9 Å². The van der Waals surface area contributed by atoms with Crippen molar-refractivity contribution >= 4 is 89.0 Å². The van der Waals surface area contributed by atoms with E-state index in [1.54, 1.807) is 20.8 Å². The molecule has 650 valence electrons. The van der Waals surface area contributed by atoms with E-state index in [0.29, 0.717) is 116 Å². The molecule has 3 rings (SSSR count). The van der Waals surface area contributed by atoms with Crippen LogP contribution in [0.15, 0.2) is 0 Å². The predicted octanol–water partition coefficient (Wildman–Crippen LogP) is 0.893. The van der Waals surface area contributed by atoms with Gasteiger partial charge in [0.15, 0.2) is 55.5 Å². The first kappa shape index (κ1) is 99.9. The van der Waals surface area contributed by atoms with Crippen molar-refractivity contribution in [2.45, 2.75) is 316 Å². The topological polar surface area (TPSA) is 504 Å². The second-order valence-electron chi connectivity index (χ2n) is 28.3. The third-order valence-electron chi connectivity index (χ3n) is 18.4. The lowest BCUT2D eigenvalue weighted by atomic mass is 9.94. The van der Waals surface area contributed by atoms with Crippen LogP contribution in [0.25, 0.3) is 0 Å². The Balaban J connectivity index is 1.56. The van der Waals surface area contributed by atoms with Crippen LogP contribution in [0, 0.1) is 0 Å². The molecule has 38 nitrogen and oxygen atoms in total. The summed E-state index contributed by atoms with van der Waals surface area (Å²) in [6.45, 7) is 17.7. The molecule has 3 saturated heterocycles. The van der Waals surface area contributed by atoms with Crippen LogP contribution in [0.4, 0.5) is 0 Å². The van der Waals surface area contributed by atoms with Crippen molar-refractivity contribution in [2.24, 2.45) is 5.73 Å². The second kappa shape index (κ2) is 56.1. The van der Waals surface area contributed by atoms with Gasteiger partial charge in [-0.25, -0.2) is 0 Å². The molecule has 0 aromatic rings. The van der Waals surface area contributed by atoms with Gasteiger partial charge in [0.2, 0.25) is 53.2 Å². The van der Waals surface area contributed by atoms with Crippen LogP contribution in [0.2, 0.25) is 0 Å². The number of rotatable bonds is 55. The first-order valence-electron chi connectivity index (χ1n) is 40.0. The summed E-state index contributed by atoms with van der Waals surface area (Å²) in [6.07, 6.45) is -2.80. The first-order valence-corrected chi connectivity index (χ1v) is 40.0.